The molecule has 0 radical (unpaired) electrons. The van der Waals surface area contributed by atoms with Gasteiger partial charge in [-0.2, -0.15) is 0 Å². The lowest BCUT2D eigenvalue weighted by Gasteiger charge is -2.24. The van der Waals surface area contributed by atoms with Crippen molar-refractivity contribution < 1.29 is 32.7 Å². The molecule has 0 aliphatic carbocycles. The third-order valence-corrected chi connectivity index (χ3v) is 7.01. The van der Waals surface area contributed by atoms with E-state index in [2.05, 4.69) is 13.0 Å². The molecule has 2 atom stereocenters. The predicted octanol–water partition coefficient (Wildman–Crippen LogP) is 6.81. The van der Waals surface area contributed by atoms with Gasteiger partial charge in [0.2, 0.25) is 0 Å². The Morgan fingerprint density at radius 2 is 1.51 bits per heavy atom. The highest BCUT2D eigenvalue weighted by Crippen LogP contribution is 2.32. The molecule has 1 N–H and O–H groups in total. The summed E-state index contributed by atoms with van der Waals surface area (Å²) in [4.78, 5) is 20.8. The van der Waals surface area contributed by atoms with Gasteiger partial charge >= 0.3 is 8.60 Å². The molecule has 1 aromatic rings. The second kappa shape index (κ2) is 21.7. The zero-order valence-electron chi connectivity index (χ0n) is 23.9. The van der Waals surface area contributed by atoms with Gasteiger partial charge in [0, 0.05) is 0 Å². The molecule has 0 aromatic heterocycles. The van der Waals surface area contributed by atoms with Gasteiger partial charge in [0.1, 0.15) is 25.5 Å². The van der Waals surface area contributed by atoms with Crippen LogP contribution in [-0.2, 0) is 25.0 Å². The maximum Gasteiger partial charge on any atom is 0.330 e. The first-order valence-corrected chi connectivity index (χ1v) is 15.3. The van der Waals surface area contributed by atoms with Crippen LogP contribution in [0, 0.1) is 0 Å². The molecule has 0 fully saturated rings. The number of aryl methyl sites for hydroxylation is 1. The van der Waals surface area contributed by atoms with Crippen molar-refractivity contribution in [2.75, 3.05) is 47.5 Å². The van der Waals surface area contributed by atoms with Gasteiger partial charge in [-0.05, 0) is 30.5 Å². The van der Waals surface area contributed by atoms with E-state index in [-0.39, 0.29) is 13.2 Å². The van der Waals surface area contributed by atoms with E-state index in [0.717, 1.165) is 23.2 Å². The van der Waals surface area contributed by atoms with Gasteiger partial charge in [0.05, 0.1) is 27.7 Å². The molecular formula is C29H53NO6P+. The number of unbranched alkanes of at least 4 members (excludes halogenated alkanes) is 11. The molecule has 0 bridgehead atoms. The highest BCUT2D eigenvalue weighted by Gasteiger charge is 2.17. The number of rotatable bonds is 25. The molecule has 7 nitrogen and oxygen atoms in total. The largest absolute Gasteiger partial charge is 0.490 e. The summed E-state index contributed by atoms with van der Waals surface area (Å²) in [6.07, 6.45) is 16.6. The number of hydrogen-bond donors (Lipinski definition) is 1. The van der Waals surface area contributed by atoms with Gasteiger partial charge < -0.3 is 27.9 Å². The number of ether oxygens (including phenoxy) is 2. The summed E-state index contributed by atoms with van der Waals surface area (Å²) in [5.41, 5.74) is 1.25. The number of likely N-dealkylation sites (N-methyl/N-ethyl adjacent to an activating group) is 1. The van der Waals surface area contributed by atoms with Gasteiger partial charge in [0.25, 0.3) is 6.47 Å². The standard InChI is InChI=1S/C29H53NO6P/c1-5-6-7-8-9-10-11-12-13-14-15-16-18-27-19-17-20-28(23-27)33-24-29(34-26-31)25-36-37(32)35-22-21-30(2,3)4/h17,19-20,23,26,29,32H,5-16,18,21-22,24-25H2,1-4H3/q+1. The Bertz CT molecular complexity index is 685. The van der Waals surface area contributed by atoms with Crippen molar-refractivity contribution in [3.05, 3.63) is 29.8 Å². The number of carbonyl (C=O) groups is 1. The number of quaternary nitrogens is 1. The molecule has 0 saturated heterocycles. The maximum atomic E-state index is 10.9. The van der Waals surface area contributed by atoms with Gasteiger partial charge in [0.15, 0.2) is 6.10 Å². The van der Waals surface area contributed by atoms with Gasteiger partial charge in [-0.15, -0.1) is 0 Å². The number of nitrogens with zero attached hydrogens (tertiary/aromatic N) is 1. The van der Waals surface area contributed by atoms with Crippen LogP contribution in [0.15, 0.2) is 24.3 Å². The maximum absolute atomic E-state index is 10.9. The summed E-state index contributed by atoms with van der Waals surface area (Å²) in [5, 5.41) is 0. The van der Waals surface area contributed by atoms with Crippen molar-refractivity contribution >= 4 is 15.1 Å². The first-order valence-electron chi connectivity index (χ1n) is 14.2. The fraction of sp³-hybridized carbons (Fsp3) is 0.759. The quantitative estimate of drug-likeness (QED) is 0.0633. The molecule has 2 unspecified atom stereocenters. The minimum atomic E-state index is -2.03. The molecule has 1 aromatic carbocycles. The smallest absolute Gasteiger partial charge is 0.330 e. The van der Waals surface area contributed by atoms with Crippen LogP contribution in [0.3, 0.4) is 0 Å². The van der Waals surface area contributed by atoms with Crippen LogP contribution in [0.4, 0.5) is 0 Å². The van der Waals surface area contributed by atoms with E-state index in [1.54, 1.807) is 0 Å². The lowest BCUT2D eigenvalue weighted by molar-refractivity contribution is -0.870. The van der Waals surface area contributed by atoms with Crippen LogP contribution in [0.5, 0.6) is 5.75 Å². The molecule has 1 rings (SSSR count). The molecule has 0 aliphatic rings. The van der Waals surface area contributed by atoms with E-state index in [1.807, 2.05) is 39.3 Å². The lowest BCUT2D eigenvalue weighted by Crippen LogP contribution is -2.37. The zero-order valence-corrected chi connectivity index (χ0v) is 24.8. The SMILES string of the molecule is CCCCCCCCCCCCCCc1cccc(OCC(COP(O)OCC[N+](C)(C)C)OC=O)c1. The Kier molecular flexibility index (Phi) is 19.8. The van der Waals surface area contributed by atoms with Crippen LogP contribution in [0.1, 0.15) is 89.5 Å². The topological polar surface area (TPSA) is 74.2 Å². The molecule has 0 amide bonds. The summed E-state index contributed by atoms with van der Waals surface area (Å²) < 4.78 is 22.3. The molecule has 8 heteroatoms. The monoisotopic (exact) mass is 542 g/mol. The fourth-order valence-electron chi connectivity index (χ4n) is 3.93. The average Bonchev–Trinajstić information content (AvgIpc) is 2.86. The summed E-state index contributed by atoms with van der Waals surface area (Å²) in [5.74, 6) is 0.737. The van der Waals surface area contributed by atoms with Crippen LogP contribution in [-0.4, -0.2) is 69.5 Å². The van der Waals surface area contributed by atoms with Gasteiger partial charge in [-0.25, -0.2) is 0 Å². The molecule has 0 saturated carbocycles. The van der Waals surface area contributed by atoms with Crippen molar-refractivity contribution in [1.82, 2.24) is 0 Å². The van der Waals surface area contributed by atoms with Crippen molar-refractivity contribution in [2.45, 2.75) is 96.5 Å². The van der Waals surface area contributed by atoms with E-state index in [4.69, 9.17) is 18.5 Å². The van der Waals surface area contributed by atoms with Gasteiger partial charge in [-0.3, -0.25) is 4.79 Å². The fourth-order valence-corrected chi connectivity index (χ4v) is 4.54. The Balaban J connectivity index is 2.21. The van der Waals surface area contributed by atoms with Crippen LogP contribution >= 0.6 is 8.60 Å². The Morgan fingerprint density at radius 1 is 0.892 bits per heavy atom. The molecule has 0 aliphatic heterocycles. The Hall–Kier alpha value is -1.24. The van der Waals surface area contributed by atoms with E-state index < -0.39 is 14.7 Å². The van der Waals surface area contributed by atoms with Crippen molar-refractivity contribution in [3.63, 3.8) is 0 Å². The minimum Gasteiger partial charge on any atom is -0.490 e. The molecule has 0 heterocycles. The van der Waals surface area contributed by atoms with E-state index >= 15 is 0 Å². The van der Waals surface area contributed by atoms with Crippen molar-refractivity contribution in [3.8, 4) is 5.75 Å². The first kappa shape index (κ1) is 33.8. The number of carbonyl (C=O) groups excluding carboxylic acids is 1. The lowest BCUT2D eigenvalue weighted by atomic mass is 10.0. The molecule has 214 valence electrons. The second-order valence-electron chi connectivity index (χ2n) is 10.8. The average molecular weight is 543 g/mol. The highest BCUT2D eigenvalue weighted by atomic mass is 31.2. The molecule has 0 spiro atoms. The number of benzene rings is 1. The highest BCUT2D eigenvalue weighted by molar-refractivity contribution is 7.40. The van der Waals surface area contributed by atoms with E-state index in [1.165, 1.54) is 82.6 Å². The van der Waals surface area contributed by atoms with Crippen molar-refractivity contribution in [2.24, 2.45) is 0 Å². The predicted molar refractivity (Wildman–Crippen MR) is 152 cm³/mol. The normalized spacial score (nSPS) is 13.3. The molecule has 37 heavy (non-hydrogen) atoms. The Labute approximate surface area is 227 Å². The summed E-state index contributed by atoms with van der Waals surface area (Å²) in [7, 11) is 4.11. The van der Waals surface area contributed by atoms with Crippen LogP contribution in [0.2, 0.25) is 0 Å². The summed E-state index contributed by atoms with van der Waals surface area (Å²) >= 11 is 0. The molecular weight excluding hydrogens is 489 g/mol. The summed E-state index contributed by atoms with van der Waals surface area (Å²) in [6, 6.07) is 8.06. The van der Waals surface area contributed by atoms with Crippen molar-refractivity contribution in [1.29, 1.82) is 0 Å². The van der Waals surface area contributed by atoms with E-state index in [9.17, 15) is 9.69 Å². The third-order valence-electron chi connectivity index (χ3n) is 6.24. The minimum absolute atomic E-state index is 0.00384. The first-order chi connectivity index (χ1) is 17.8. The van der Waals surface area contributed by atoms with Crippen LogP contribution in [0.25, 0.3) is 0 Å². The van der Waals surface area contributed by atoms with Crippen LogP contribution < -0.4 is 4.74 Å². The third kappa shape index (κ3) is 20.4. The van der Waals surface area contributed by atoms with Gasteiger partial charge in [-0.1, -0.05) is 89.7 Å². The number of hydrogen-bond acceptors (Lipinski definition) is 6. The second-order valence-corrected chi connectivity index (χ2v) is 11.8. The zero-order chi connectivity index (χ0) is 27.2. The summed E-state index contributed by atoms with van der Waals surface area (Å²) in [6.45, 7) is 3.92. The van der Waals surface area contributed by atoms with E-state index in [0.29, 0.717) is 13.1 Å². The Morgan fingerprint density at radius 3 is 2.11 bits per heavy atom.